The Morgan fingerprint density at radius 3 is 2.46 bits per heavy atom. The normalized spacial score (nSPS) is 17.1. The van der Waals surface area contributed by atoms with Crippen LogP contribution in [0.25, 0.3) is 0 Å². The van der Waals surface area contributed by atoms with Crippen LogP contribution in [0.1, 0.15) is 22.3 Å². The summed E-state index contributed by atoms with van der Waals surface area (Å²) in [4.78, 5) is 37.5. The number of amides is 1. The van der Waals surface area contributed by atoms with E-state index >= 15 is 0 Å². The number of carboxylic acid groups (broad SMARTS) is 1. The summed E-state index contributed by atoms with van der Waals surface area (Å²) in [5, 5.41) is 9.50. The SMILES string of the molecule is O=C(c1ccccc1)c1cc(Cl)ccc1N1C[C@@H](C(=O)O)CC1=O. The lowest BCUT2D eigenvalue weighted by atomic mass is 10.0. The molecule has 5 nitrogen and oxygen atoms in total. The number of carbonyl (C=O) groups excluding carboxylic acids is 2. The third kappa shape index (κ3) is 3.03. The molecular formula is C18H14ClNO4. The largest absolute Gasteiger partial charge is 0.481 e. The molecule has 122 valence electrons. The van der Waals surface area contributed by atoms with Gasteiger partial charge in [-0.05, 0) is 18.2 Å². The fourth-order valence-electron chi connectivity index (χ4n) is 2.78. The van der Waals surface area contributed by atoms with E-state index < -0.39 is 11.9 Å². The van der Waals surface area contributed by atoms with E-state index in [2.05, 4.69) is 0 Å². The van der Waals surface area contributed by atoms with Gasteiger partial charge in [0, 0.05) is 29.1 Å². The number of carbonyl (C=O) groups is 3. The lowest BCUT2D eigenvalue weighted by Gasteiger charge is -2.20. The Kier molecular flexibility index (Phi) is 4.36. The second-order valence-electron chi connectivity index (χ2n) is 5.60. The highest BCUT2D eigenvalue weighted by molar-refractivity contribution is 6.31. The monoisotopic (exact) mass is 343 g/mol. The number of rotatable bonds is 4. The van der Waals surface area contributed by atoms with E-state index in [1.54, 1.807) is 42.5 Å². The molecule has 1 fully saturated rings. The van der Waals surface area contributed by atoms with E-state index in [4.69, 9.17) is 16.7 Å². The van der Waals surface area contributed by atoms with Gasteiger partial charge in [-0.1, -0.05) is 41.9 Å². The highest BCUT2D eigenvalue weighted by Crippen LogP contribution is 2.31. The Bertz CT molecular complexity index is 819. The van der Waals surface area contributed by atoms with Crippen molar-refractivity contribution in [2.45, 2.75) is 6.42 Å². The average Bonchev–Trinajstić information content (AvgIpc) is 2.97. The molecule has 0 aliphatic carbocycles. The maximum absolute atomic E-state index is 12.8. The van der Waals surface area contributed by atoms with Crippen molar-refractivity contribution in [3.05, 3.63) is 64.7 Å². The summed E-state index contributed by atoms with van der Waals surface area (Å²) in [6, 6.07) is 13.3. The fraction of sp³-hybridized carbons (Fsp3) is 0.167. The van der Waals surface area contributed by atoms with Crippen LogP contribution in [0.2, 0.25) is 5.02 Å². The molecule has 1 atom stereocenters. The zero-order chi connectivity index (χ0) is 17.3. The Morgan fingerprint density at radius 1 is 1.12 bits per heavy atom. The number of halogens is 1. The lowest BCUT2D eigenvalue weighted by molar-refractivity contribution is -0.141. The summed E-state index contributed by atoms with van der Waals surface area (Å²) in [6.45, 7) is 0.0465. The average molecular weight is 344 g/mol. The van der Waals surface area contributed by atoms with E-state index in [0.717, 1.165) is 0 Å². The number of nitrogens with zero attached hydrogens (tertiary/aromatic N) is 1. The van der Waals surface area contributed by atoms with Crippen LogP contribution in [0.5, 0.6) is 0 Å². The first kappa shape index (κ1) is 16.2. The standard InChI is InChI=1S/C18H14ClNO4/c19-13-6-7-15(20-10-12(18(23)24)8-16(20)21)14(9-13)17(22)11-4-2-1-3-5-11/h1-7,9,12H,8,10H2,(H,23,24)/t12-/m0/s1. The van der Waals surface area contributed by atoms with Gasteiger partial charge in [-0.15, -0.1) is 0 Å². The molecule has 1 saturated heterocycles. The number of hydrogen-bond donors (Lipinski definition) is 1. The number of carboxylic acids is 1. The summed E-state index contributed by atoms with van der Waals surface area (Å²) >= 11 is 6.02. The molecule has 6 heteroatoms. The van der Waals surface area contributed by atoms with Crippen molar-refractivity contribution in [1.82, 2.24) is 0 Å². The molecule has 0 saturated carbocycles. The molecule has 0 spiro atoms. The van der Waals surface area contributed by atoms with Gasteiger partial charge in [0.1, 0.15) is 0 Å². The zero-order valence-corrected chi connectivity index (χ0v) is 13.4. The number of benzene rings is 2. The van der Waals surface area contributed by atoms with E-state index in [0.29, 0.717) is 16.3 Å². The van der Waals surface area contributed by atoms with E-state index in [1.165, 1.54) is 11.0 Å². The van der Waals surface area contributed by atoms with Crippen LogP contribution in [-0.4, -0.2) is 29.3 Å². The van der Waals surface area contributed by atoms with Crippen LogP contribution in [0.15, 0.2) is 48.5 Å². The zero-order valence-electron chi connectivity index (χ0n) is 12.6. The van der Waals surface area contributed by atoms with Gasteiger partial charge in [0.15, 0.2) is 5.78 Å². The first-order valence-electron chi connectivity index (χ1n) is 7.40. The van der Waals surface area contributed by atoms with E-state index in [-0.39, 0.29) is 30.2 Å². The Balaban J connectivity index is 2.02. The van der Waals surface area contributed by atoms with Gasteiger partial charge in [-0.25, -0.2) is 0 Å². The minimum atomic E-state index is -1.02. The molecule has 3 rings (SSSR count). The number of aliphatic carboxylic acids is 1. The van der Waals surface area contributed by atoms with Crippen molar-refractivity contribution in [1.29, 1.82) is 0 Å². The van der Waals surface area contributed by atoms with Crippen LogP contribution in [0.3, 0.4) is 0 Å². The number of anilines is 1. The molecule has 1 aliphatic heterocycles. The predicted octanol–water partition coefficient (Wildman–Crippen LogP) is 3.01. The summed E-state index contributed by atoms with van der Waals surface area (Å²) in [7, 11) is 0. The molecule has 0 unspecified atom stereocenters. The van der Waals surface area contributed by atoms with Gasteiger partial charge < -0.3 is 10.0 Å². The smallest absolute Gasteiger partial charge is 0.308 e. The molecule has 0 radical (unpaired) electrons. The Hall–Kier alpha value is -2.66. The van der Waals surface area contributed by atoms with Gasteiger partial charge in [0.2, 0.25) is 5.91 Å². The van der Waals surface area contributed by atoms with Crippen molar-refractivity contribution in [3.8, 4) is 0 Å². The summed E-state index contributed by atoms with van der Waals surface area (Å²) in [5.74, 6) is -2.37. The predicted molar refractivity (Wildman–Crippen MR) is 89.4 cm³/mol. The van der Waals surface area contributed by atoms with Gasteiger partial charge in [-0.2, -0.15) is 0 Å². The van der Waals surface area contributed by atoms with Crippen LogP contribution >= 0.6 is 11.6 Å². The van der Waals surface area contributed by atoms with Crippen molar-refractivity contribution >= 4 is 34.9 Å². The second kappa shape index (κ2) is 6.45. The molecule has 2 aromatic rings. The molecule has 0 aromatic heterocycles. The minimum Gasteiger partial charge on any atom is -0.481 e. The lowest BCUT2D eigenvalue weighted by Crippen LogP contribution is -2.27. The molecular weight excluding hydrogens is 330 g/mol. The molecule has 1 N–H and O–H groups in total. The van der Waals surface area contributed by atoms with Crippen molar-refractivity contribution in [3.63, 3.8) is 0 Å². The van der Waals surface area contributed by atoms with Gasteiger partial charge in [0.25, 0.3) is 0 Å². The second-order valence-corrected chi connectivity index (χ2v) is 6.04. The maximum Gasteiger partial charge on any atom is 0.308 e. The molecule has 1 amide bonds. The molecule has 2 aromatic carbocycles. The van der Waals surface area contributed by atoms with Crippen LogP contribution in [0.4, 0.5) is 5.69 Å². The summed E-state index contributed by atoms with van der Waals surface area (Å²) < 4.78 is 0. The van der Waals surface area contributed by atoms with Crippen LogP contribution in [-0.2, 0) is 9.59 Å². The van der Waals surface area contributed by atoms with E-state index in [9.17, 15) is 14.4 Å². The maximum atomic E-state index is 12.8. The van der Waals surface area contributed by atoms with Gasteiger partial charge >= 0.3 is 5.97 Å². The Morgan fingerprint density at radius 2 is 1.83 bits per heavy atom. The van der Waals surface area contributed by atoms with Crippen molar-refractivity contribution < 1.29 is 19.5 Å². The van der Waals surface area contributed by atoms with Crippen LogP contribution < -0.4 is 4.90 Å². The topological polar surface area (TPSA) is 74.7 Å². The molecule has 1 aliphatic rings. The van der Waals surface area contributed by atoms with Crippen molar-refractivity contribution in [2.75, 3.05) is 11.4 Å². The molecule has 0 bridgehead atoms. The quantitative estimate of drug-likeness (QED) is 0.866. The highest BCUT2D eigenvalue weighted by Gasteiger charge is 2.36. The number of hydrogen-bond acceptors (Lipinski definition) is 3. The van der Waals surface area contributed by atoms with E-state index in [1.807, 2.05) is 0 Å². The minimum absolute atomic E-state index is 0.0465. The third-order valence-corrected chi connectivity index (χ3v) is 4.24. The highest BCUT2D eigenvalue weighted by atomic mass is 35.5. The first-order valence-corrected chi connectivity index (χ1v) is 7.77. The van der Waals surface area contributed by atoms with Crippen LogP contribution in [0, 0.1) is 5.92 Å². The Labute approximate surface area is 143 Å². The fourth-order valence-corrected chi connectivity index (χ4v) is 2.95. The summed E-state index contributed by atoms with van der Waals surface area (Å²) in [6.07, 6.45) is -0.0725. The van der Waals surface area contributed by atoms with Crippen molar-refractivity contribution in [2.24, 2.45) is 5.92 Å². The first-order chi connectivity index (χ1) is 11.5. The van der Waals surface area contributed by atoms with Gasteiger partial charge in [-0.3, -0.25) is 14.4 Å². The van der Waals surface area contributed by atoms with Gasteiger partial charge in [0.05, 0.1) is 11.6 Å². The third-order valence-electron chi connectivity index (χ3n) is 4.00. The summed E-state index contributed by atoms with van der Waals surface area (Å²) in [5.41, 5.74) is 1.15. The number of ketones is 1. The molecule has 1 heterocycles. The molecule has 24 heavy (non-hydrogen) atoms.